The van der Waals surface area contributed by atoms with Crippen LogP contribution in [0.3, 0.4) is 0 Å². The van der Waals surface area contributed by atoms with Crippen LogP contribution >= 0.6 is 0 Å². The molecular formula is C20H15F2NO2. The van der Waals surface area contributed by atoms with Crippen molar-refractivity contribution in [1.29, 1.82) is 0 Å². The minimum absolute atomic E-state index is 0.0709. The standard InChI is InChI=1S/C20H15F2NO2/c21-16-9-10-17(19(22)18(16)20(23)24)25-12-13-5-4-8-15(11-13)14-6-2-1-3-7-14/h1-11H,12H2,(H2,23,24). The van der Waals surface area contributed by atoms with E-state index in [-0.39, 0.29) is 12.4 Å². The number of ether oxygens (including phenoxy) is 1. The molecule has 0 aliphatic carbocycles. The van der Waals surface area contributed by atoms with E-state index in [4.69, 9.17) is 10.5 Å². The molecule has 3 aromatic rings. The summed E-state index contributed by atoms with van der Waals surface area (Å²) in [5.74, 6) is -3.50. The molecule has 0 atom stereocenters. The van der Waals surface area contributed by atoms with Gasteiger partial charge in [0.05, 0.1) is 0 Å². The molecule has 3 rings (SSSR count). The number of nitrogens with two attached hydrogens (primary N) is 1. The summed E-state index contributed by atoms with van der Waals surface area (Å²) in [7, 11) is 0. The van der Waals surface area contributed by atoms with Crippen LogP contribution in [0.4, 0.5) is 8.78 Å². The minimum Gasteiger partial charge on any atom is -0.486 e. The van der Waals surface area contributed by atoms with Crippen molar-refractivity contribution in [3.8, 4) is 16.9 Å². The average molecular weight is 339 g/mol. The first-order valence-electron chi connectivity index (χ1n) is 7.61. The molecule has 1 amide bonds. The Kier molecular flexibility index (Phi) is 4.75. The molecule has 0 aromatic heterocycles. The molecule has 3 aromatic carbocycles. The first-order valence-corrected chi connectivity index (χ1v) is 7.61. The summed E-state index contributed by atoms with van der Waals surface area (Å²) in [6.07, 6.45) is 0. The monoisotopic (exact) mass is 339 g/mol. The third-order valence-corrected chi connectivity index (χ3v) is 3.73. The normalized spacial score (nSPS) is 10.5. The molecule has 0 spiro atoms. The Morgan fingerprint density at radius 1 is 0.920 bits per heavy atom. The van der Waals surface area contributed by atoms with Crippen molar-refractivity contribution < 1.29 is 18.3 Å². The molecule has 3 nitrogen and oxygen atoms in total. The summed E-state index contributed by atoms with van der Waals surface area (Å²) >= 11 is 0. The molecule has 2 N–H and O–H groups in total. The molecule has 0 radical (unpaired) electrons. The SMILES string of the molecule is NC(=O)c1c(F)ccc(OCc2cccc(-c3ccccc3)c2)c1F. The summed E-state index contributed by atoms with van der Waals surface area (Å²) in [6.45, 7) is 0.0709. The molecule has 0 saturated carbocycles. The molecule has 0 aliphatic heterocycles. The highest BCUT2D eigenvalue weighted by Crippen LogP contribution is 2.25. The first-order chi connectivity index (χ1) is 12.1. The highest BCUT2D eigenvalue weighted by Gasteiger charge is 2.19. The fourth-order valence-corrected chi connectivity index (χ4v) is 2.50. The van der Waals surface area contributed by atoms with Gasteiger partial charge in [0.25, 0.3) is 5.91 Å². The van der Waals surface area contributed by atoms with Crippen molar-refractivity contribution in [2.24, 2.45) is 5.73 Å². The van der Waals surface area contributed by atoms with Crippen molar-refractivity contribution in [2.75, 3.05) is 0 Å². The molecule has 0 saturated heterocycles. The van der Waals surface area contributed by atoms with Crippen LogP contribution in [0.15, 0.2) is 66.7 Å². The molecule has 126 valence electrons. The Balaban J connectivity index is 1.81. The molecule has 0 heterocycles. The highest BCUT2D eigenvalue weighted by molar-refractivity contribution is 5.93. The molecule has 0 bridgehead atoms. The van der Waals surface area contributed by atoms with Crippen LogP contribution < -0.4 is 10.5 Å². The number of benzene rings is 3. The van der Waals surface area contributed by atoms with Gasteiger partial charge < -0.3 is 10.5 Å². The number of hydrogen-bond donors (Lipinski definition) is 1. The zero-order valence-electron chi connectivity index (χ0n) is 13.2. The number of primary amides is 1. The van der Waals surface area contributed by atoms with E-state index < -0.39 is 23.1 Å². The number of rotatable bonds is 5. The molecule has 25 heavy (non-hydrogen) atoms. The second-order valence-electron chi connectivity index (χ2n) is 5.45. The minimum atomic E-state index is -1.17. The lowest BCUT2D eigenvalue weighted by Gasteiger charge is -2.11. The lowest BCUT2D eigenvalue weighted by molar-refractivity contribution is 0.0991. The average Bonchev–Trinajstić information content (AvgIpc) is 2.62. The van der Waals surface area contributed by atoms with Gasteiger partial charge in [-0.25, -0.2) is 8.78 Å². The highest BCUT2D eigenvalue weighted by atomic mass is 19.1. The summed E-state index contributed by atoms with van der Waals surface area (Å²) in [6, 6.07) is 19.5. The van der Waals surface area contributed by atoms with Crippen molar-refractivity contribution in [3.63, 3.8) is 0 Å². The summed E-state index contributed by atoms with van der Waals surface area (Å²) in [5.41, 5.74) is 7.06. The van der Waals surface area contributed by atoms with Gasteiger partial charge in [-0.15, -0.1) is 0 Å². The van der Waals surface area contributed by atoms with Crippen molar-refractivity contribution in [3.05, 3.63) is 89.5 Å². The van der Waals surface area contributed by atoms with Gasteiger partial charge >= 0.3 is 0 Å². The number of amides is 1. The Morgan fingerprint density at radius 3 is 2.36 bits per heavy atom. The van der Waals surface area contributed by atoms with Crippen molar-refractivity contribution >= 4 is 5.91 Å². The topological polar surface area (TPSA) is 52.3 Å². The van der Waals surface area contributed by atoms with Gasteiger partial charge in [-0.1, -0.05) is 48.5 Å². The Morgan fingerprint density at radius 2 is 1.64 bits per heavy atom. The Labute approximate surface area is 143 Å². The lowest BCUT2D eigenvalue weighted by atomic mass is 10.0. The quantitative estimate of drug-likeness (QED) is 0.753. The van der Waals surface area contributed by atoms with E-state index in [0.717, 1.165) is 28.8 Å². The predicted octanol–water partition coefficient (Wildman–Crippen LogP) is 4.31. The van der Waals surface area contributed by atoms with E-state index in [1.807, 2.05) is 54.6 Å². The van der Waals surface area contributed by atoms with Crippen molar-refractivity contribution in [2.45, 2.75) is 6.61 Å². The van der Waals surface area contributed by atoms with E-state index in [1.54, 1.807) is 0 Å². The van der Waals surface area contributed by atoms with Crippen LogP contribution in [0.25, 0.3) is 11.1 Å². The van der Waals surface area contributed by atoms with Crippen LogP contribution in [-0.4, -0.2) is 5.91 Å². The second-order valence-corrected chi connectivity index (χ2v) is 5.45. The second kappa shape index (κ2) is 7.13. The third kappa shape index (κ3) is 3.66. The van der Waals surface area contributed by atoms with Crippen molar-refractivity contribution in [1.82, 2.24) is 0 Å². The molecule has 0 fully saturated rings. The van der Waals surface area contributed by atoms with Gasteiger partial charge in [-0.3, -0.25) is 4.79 Å². The summed E-state index contributed by atoms with van der Waals surface area (Å²) in [5, 5.41) is 0. The molecular weight excluding hydrogens is 324 g/mol. The predicted molar refractivity (Wildman–Crippen MR) is 91.1 cm³/mol. The number of halogens is 2. The summed E-state index contributed by atoms with van der Waals surface area (Å²) < 4.78 is 33.1. The molecule has 5 heteroatoms. The maximum absolute atomic E-state index is 14.2. The van der Waals surface area contributed by atoms with Crippen LogP contribution in [0, 0.1) is 11.6 Å². The summed E-state index contributed by atoms with van der Waals surface area (Å²) in [4.78, 5) is 11.2. The maximum Gasteiger partial charge on any atom is 0.254 e. The van der Waals surface area contributed by atoms with E-state index in [2.05, 4.69) is 0 Å². The maximum atomic E-state index is 14.2. The van der Waals surface area contributed by atoms with E-state index in [0.29, 0.717) is 0 Å². The smallest absolute Gasteiger partial charge is 0.254 e. The number of carbonyl (C=O) groups excluding carboxylic acids is 1. The molecule has 0 unspecified atom stereocenters. The van der Waals surface area contributed by atoms with Gasteiger partial charge in [0.1, 0.15) is 18.0 Å². The zero-order valence-corrected chi connectivity index (χ0v) is 13.2. The number of carbonyl (C=O) groups is 1. The third-order valence-electron chi connectivity index (χ3n) is 3.73. The largest absolute Gasteiger partial charge is 0.486 e. The Bertz CT molecular complexity index is 911. The van der Waals surface area contributed by atoms with E-state index >= 15 is 0 Å². The number of hydrogen-bond acceptors (Lipinski definition) is 2. The van der Waals surface area contributed by atoms with Crippen LogP contribution in [0.2, 0.25) is 0 Å². The van der Waals surface area contributed by atoms with E-state index in [9.17, 15) is 13.6 Å². The lowest BCUT2D eigenvalue weighted by Crippen LogP contribution is -2.16. The van der Waals surface area contributed by atoms with Gasteiger partial charge in [0.15, 0.2) is 11.6 Å². The first kappa shape index (κ1) is 16.6. The van der Waals surface area contributed by atoms with Gasteiger partial charge in [0, 0.05) is 0 Å². The van der Waals surface area contributed by atoms with Gasteiger partial charge in [-0.2, -0.15) is 0 Å². The van der Waals surface area contributed by atoms with Crippen LogP contribution in [0.5, 0.6) is 5.75 Å². The van der Waals surface area contributed by atoms with Crippen LogP contribution in [0.1, 0.15) is 15.9 Å². The van der Waals surface area contributed by atoms with E-state index in [1.165, 1.54) is 0 Å². The van der Waals surface area contributed by atoms with Crippen LogP contribution in [-0.2, 0) is 6.61 Å². The Hall–Kier alpha value is -3.21. The fourth-order valence-electron chi connectivity index (χ4n) is 2.50. The fraction of sp³-hybridized carbons (Fsp3) is 0.0500. The van der Waals surface area contributed by atoms with Gasteiger partial charge in [0.2, 0.25) is 0 Å². The zero-order chi connectivity index (χ0) is 17.8. The molecule has 0 aliphatic rings. The van der Waals surface area contributed by atoms with Gasteiger partial charge in [-0.05, 0) is 34.9 Å².